The maximum atomic E-state index is 5.77. The summed E-state index contributed by atoms with van der Waals surface area (Å²) in [5, 5.41) is 11.0. The molecule has 1 aromatic heterocycles. The van der Waals surface area contributed by atoms with E-state index in [2.05, 4.69) is 15.5 Å². The van der Waals surface area contributed by atoms with Crippen LogP contribution in [0.1, 0.15) is 6.92 Å². The van der Waals surface area contributed by atoms with Gasteiger partial charge in [0.2, 0.25) is 5.28 Å². The van der Waals surface area contributed by atoms with Gasteiger partial charge in [-0.15, -0.1) is 0 Å². The lowest BCUT2D eigenvalue weighted by molar-refractivity contribution is 0.340. The Bertz CT molecular complexity index is 440. The molecular formula is C9H9ClN4O. The van der Waals surface area contributed by atoms with Gasteiger partial charge in [0.05, 0.1) is 12.3 Å². The lowest BCUT2D eigenvalue weighted by atomic mass is 10.3. The summed E-state index contributed by atoms with van der Waals surface area (Å²) in [5.41, 5.74) is 0.799. The van der Waals surface area contributed by atoms with Crippen LogP contribution in [0.2, 0.25) is 5.28 Å². The average molecular weight is 225 g/mol. The van der Waals surface area contributed by atoms with E-state index in [1.54, 1.807) is 0 Å². The van der Waals surface area contributed by atoms with Gasteiger partial charge in [-0.25, -0.2) is 0 Å². The number of ether oxygens (including phenoxy) is 1. The van der Waals surface area contributed by atoms with Crippen molar-refractivity contribution in [1.82, 2.24) is 20.2 Å². The fourth-order valence-corrected chi connectivity index (χ4v) is 1.35. The van der Waals surface area contributed by atoms with E-state index < -0.39 is 0 Å². The molecule has 0 spiro atoms. The van der Waals surface area contributed by atoms with Crippen molar-refractivity contribution in [2.45, 2.75) is 6.92 Å². The largest absolute Gasteiger partial charge is 0.494 e. The molecule has 0 unspecified atom stereocenters. The monoisotopic (exact) mass is 224 g/mol. The van der Waals surface area contributed by atoms with Crippen LogP contribution in [0.15, 0.2) is 24.3 Å². The predicted octanol–water partition coefficient (Wildman–Crippen LogP) is 1.71. The number of hydrogen-bond acceptors (Lipinski definition) is 4. The number of nitrogens with zero attached hydrogens (tertiary/aromatic N) is 4. The Balaban J connectivity index is 2.28. The minimum Gasteiger partial charge on any atom is -0.494 e. The molecule has 0 aliphatic heterocycles. The first-order chi connectivity index (χ1) is 7.31. The zero-order chi connectivity index (χ0) is 10.7. The van der Waals surface area contributed by atoms with E-state index >= 15 is 0 Å². The van der Waals surface area contributed by atoms with E-state index in [1.807, 2.05) is 31.2 Å². The minimum absolute atomic E-state index is 0.235. The number of hydrogen-bond donors (Lipinski definition) is 0. The molecule has 0 amide bonds. The van der Waals surface area contributed by atoms with Crippen LogP contribution in [0, 0.1) is 0 Å². The molecule has 0 saturated carbocycles. The highest BCUT2D eigenvalue weighted by Gasteiger charge is 2.04. The van der Waals surface area contributed by atoms with Gasteiger partial charge in [-0.05, 0) is 53.2 Å². The van der Waals surface area contributed by atoms with Crippen molar-refractivity contribution in [2.75, 3.05) is 6.61 Å². The predicted molar refractivity (Wildman–Crippen MR) is 55.3 cm³/mol. The van der Waals surface area contributed by atoms with Gasteiger partial charge in [-0.3, -0.25) is 0 Å². The zero-order valence-corrected chi connectivity index (χ0v) is 8.85. The van der Waals surface area contributed by atoms with Crippen molar-refractivity contribution >= 4 is 11.6 Å². The Morgan fingerprint density at radius 1 is 1.33 bits per heavy atom. The van der Waals surface area contributed by atoms with Crippen molar-refractivity contribution in [3.05, 3.63) is 29.5 Å². The second kappa shape index (κ2) is 4.27. The van der Waals surface area contributed by atoms with Gasteiger partial charge < -0.3 is 4.74 Å². The van der Waals surface area contributed by atoms with Gasteiger partial charge >= 0.3 is 0 Å². The molecule has 0 fully saturated rings. The first-order valence-electron chi connectivity index (χ1n) is 4.48. The van der Waals surface area contributed by atoms with Gasteiger partial charge in [-0.1, -0.05) is 5.10 Å². The minimum atomic E-state index is 0.235. The third kappa shape index (κ3) is 2.07. The van der Waals surface area contributed by atoms with E-state index in [0.717, 1.165) is 11.4 Å². The van der Waals surface area contributed by atoms with E-state index in [9.17, 15) is 0 Å². The molecule has 78 valence electrons. The summed E-state index contributed by atoms with van der Waals surface area (Å²) < 4.78 is 6.76. The number of tetrazole rings is 1. The Morgan fingerprint density at radius 2 is 2.07 bits per heavy atom. The molecule has 2 rings (SSSR count). The molecule has 0 radical (unpaired) electrons. The Kier molecular flexibility index (Phi) is 2.82. The van der Waals surface area contributed by atoms with E-state index in [-0.39, 0.29) is 5.28 Å². The standard InChI is InChI=1S/C9H9ClN4O/c1-2-15-8-5-3-7(4-6-8)14-9(10)11-12-13-14/h3-6H,2H2,1H3. The third-order valence-electron chi connectivity index (χ3n) is 1.82. The van der Waals surface area contributed by atoms with Crippen LogP contribution in [-0.4, -0.2) is 26.8 Å². The van der Waals surface area contributed by atoms with Gasteiger partial charge in [0.25, 0.3) is 0 Å². The summed E-state index contributed by atoms with van der Waals surface area (Å²) in [7, 11) is 0. The molecule has 0 N–H and O–H groups in total. The second-order valence-electron chi connectivity index (χ2n) is 2.79. The molecular weight excluding hydrogens is 216 g/mol. The molecule has 1 heterocycles. The SMILES string of the molecule is CCOc1ccc(-n2nnnc2Cl)cc1. The second-order valence-corrected chi connectivity index (χ2v) is 3.12. The smallest absolute Gasteiger partial charge is 0.247 e. The van der Waals surface area contributed by atoms with E-state index in [4.69, 9.17) is 16.3 Å². The number of halogens is 1. The molecule has 1 aromatic carbocycles. The van der Waals surface area contributed by atoms with Crippen LogP contribution in [-0.2, 0) is 0 Å². The maximum Gasteiger partial charge on any atom is 0.247 e. The molecule has 0 atom stereocenters. The first kappa shape index (κ1) is 9.92. The highest BCUT2D eigenvalue weighted by atomic mass is 35.5. The quantitative estimate of drug-likeness (QED) is 0.797. The van der Waals surface area contributed by atoms with Gasteiger partial charge in [0.15, 0.2) is 0 Å². The Hall–Kier alpha value is -1.62. The van der Waals surface area contributed by atoms with Gasteiger partial charge in [0.1, 0.15) is 5.75 Å². The van der Waals surface area contributed by atoms with Gasteiger partial charge in [0, 0.05) is 0 Å². The highest BCUT2D eigenvalue weighted by Crippen LogP contribution is 2.16. The van der Waals surface area contributed by atoms with Crippen LogP contribution in [0.5, 0.6) is 5.75 Å². The lowest BCUT2D eigenvalue weighted by Gasteiger charge is -2.04. The lowest BCUT2D eigenvalue weighted by Crippen LogP contribution is -1.97. The normalized spacial score (nSPS) is 10.3. The number of rotatable bonds is 3. The molecule has 0 aliphatic rings. The topological polar surface area (TPSA) is 52.8 Å². The molecule has 6 heteroatoms. The Morgan fingerprint density at radius 3 is 2.60 bits per heavy atom. The summed E-state index contributed by atoms with van der Waals surface area (Å²) in [6.07, 6.45) is 0. The van der Waals surface area contributed by atoms with Crippen molar-refractivity contribution < 1.29 is 4.74 Å². The van der Waals surface area contributed by atoms with Crippen LogP contribution in [0.3, 0.4) is 0 Å². The first-order valence-corrected chi connectivity index (χ1v) is 4.86. The van der Waals surface area contributed by atoms with Gasteiger partial charge in [-0.2, -0.15) is 4.68 Å². The molecule has 15 heavy (non-hydrogen) atoms. The van der Waals surface area contributed by atoms with Crippen molar-refractivity contribution in [1.29, 1.82) is 0 Å². The average Bonchev–Trinajstić information content (AvgIpc) is 2.66. The maximum absolute atomic E-state index is 5.77. The van der Waals surface area contributed by atoms with Crippen LogP contribution >= 0.6 is 11.6 Å². The summed E-state index contributed by atoms with van der Waals surface area (Å²) in [4.78, 5) is 0. The van der Waals surface area contributed by atoms with Crippen LogP contribution in [0.4, 0.5) is 0 Å². The van der Waals surface area contributed by atoms with Crippen molar-refractivity contribution in [3.63, 3.8) is 0 Å². The van der Waals surface area contributed by atoms with Crippen molar-refractivity contribution in [2.24, 2.45) is 0 Å². The number of aromatic nitrogens is 4. The zero-order valence-electron chi connectivity index (χ0n) is 8.09. The molecule has 0 bridgehead atoms. The fourth-order valence-electron chi connectivity index (χ4n) is 1.18. The number of benzene rings is 1. The summed E-state index contributed by atoms with van der Waals surface area (Å²) in [5.74, 6) is 0.811. The highest BCUT2D eigenvalue weighted by molar-refractivity contribution is 6.28. The molecule has 5 nitrogen and oxygen atoms in total. The summed E-state index contributed by atoms with van der Waals surface area (Å²) >= 11 is 5.77. The fraction of sp³-hybridized carbons (Fsp3) is 0.222. The van der Waals surface area contributed by atoms with E-state index in [0.29, 0.717) is 6.61 Å². The molecule has 0 aliphatic carbocycles. The summed E-state index contributed by atoms with van der Waals surface area (Å²) in [6.45, 7) is 2.58. The van der Waals surface area contributed by atoms with Crippen molar-refractivity contribution in [3.8, 4) is 11.4 Å². The Labute approximate surface area is 91.6 Å². The van der Waals surface area contributed by atoms with E-state index in [1.165, 1.54) is 4.68 Å². The summed E-state index contributed by atoms with van der Waals surface area (Å²) in [6, 6.07) is 7.37. The molecule has 0 saturated heterocycles. The third-order valence-corrected chi connectivity index (χ3v) is 2.06. The van der Waals surface area contributed by atoms with Crippen LogP contribution in [0.25, 0.3) is 5.69 Å². The molecule has 2 aromatic rings. The van der Waals surface area contributed by atoms with Crippen LogP contribution < -0.4 is 4.74 Å².